The SMILES string of the molecule is CCN(CC)c1ccc(C(F)(F)F)cc1-n1cc(C#N)c(N)c1C(=O)OC. The van der Waals surface area contributed by atoms with Gasteiger partial charge < -0.3 is 19.9 Å². The Bertz CT molecular complexity index is 893. The van der Waals surface area contributed by atoms with Gasteiger partial charge in [-0.3, -0.25) is 0 Å². The molecule has 0 aliphatic rings. The standard InChI is InChI=1S/C18H19F3N4O2/c1-4-24(5-2)13-7-6-12(18(19,20)21)8-14(13)25-10-11(9-22)15(23)16(25)17(26)27-3/h6-8,10H,4-5,23H2,1-3H3. The first-order chi connectivity index (χ1) is 12.7. The lowest BCUT2D eigenvalue weighted by molar-refractivity contribution is -0.137. The number of carbonyl (C=O) groups is 1. The summed E-state index contributed by atoms with van der Waals surface area (Å²) in [6.45, 7) is 4.78. The fourth-order valence-electron chi connectivity index (χ4n) is 2.83. The molecule has 1 heterocycles. The molecule has 9 heteroatoms. The van der Waals surface area contributed by atoms with Crippen molar-refractivity contribution >= 4 is 17.3 Å². The van der Waals surface area contributed by atoms with Crippen LogP contribution in [0.5, 0.6) is 0 Å². The van der Waals surface area contributed by atoms with Crippen LogP contribution in [0.1, 0.15) is 35.5 Å². The van der Waals surface area contributed by atoms with Crippen LogP contribution >= 0.6 is 0 Å². The molecule has 0 unspecified atom stereocenters. The molecule has 6 nitrogen and oxygen atoms in total. The average Bonchev–Trinajstić information content (AvgIpc) is 2.97. The second-order valence-corrected chi connectivity index (χ2v) is 5.65. The molecule has 0 bridgehead atoms. The molecule has 0 saturated carbocycles. The monoisotopic (exact) mass is 380 g/mol. The van der Waals surface area contributed by atoms with Gasteiger partial charge in [-0.25, -0.2) is 4.79 Å². The summed E-state index contributed by atoms with van der Waals surface area (Å²) in [6, 6.07) is 5.09. The van der Waals surface area contributed by atoms with Gasteiger partial charge in [0.25, 0.3) is 0 Å². The van der Waals surface area contributed by atoms with E-state index in [2.05, 4.69) is 0 Å². The Morgan fingerprint density at radius 3 is 2.44 bits per heavy atom. The van der Waals surface area contributed by atoms with Crippen molar-refractivity contribution in [3.05, 3.63) is 41.2 Å². The molecule has 2 N–H and O–H groups in total. The molecule has 144 valence electrons. The highest BCUT2D eigenvalue weighted by Gasteiger charge is 2.32. The van der Waals surface area contributed by atoms with E-state index in [1.54, 1.807) is 0 Å². The minimum absolute atomic E-state index is 0.0293. The first-order valence-corrected chi connectivity index (χ1v) is 8.15. The predicted octanol–water partition coefficient (Wildman–Crippen LogP) is 3.58. The summed E-state index contributed by atoms with van der Waals surface area (Å²) in [7, 11) is 1.13. The number of esters is 1. The number of anilines is 2. The molecule has 0 spiro atoms. The number of carbonyl (C=O) groups excluding carboxylic acids is 1. The number of ether oxygens (including phenoxy) is 1. The molecule has 0 aliphatic carbocycles. The minimum Gasteiger partial charge on any atom is -0.464 e. The maximum absolute atomic E-state index is 13.3. The maximum atomic E-state index is 13.3. The Morgan fingerprint density at radius 1 is 1.33 bits per heavy atom. The van der Waals surface area contributed by atoms with Gasteiger partial charge in [0.2, 0.25) is 0 Å². The number of nitrogens with zero attached hydrogens (tertiary/aromatic N) is 3. The van der Waals surface area contributed by atoms with Crippen LogP contribution in [-0.4, -0.2) is 30.7 Å². The van der Waals surface area contributed by atoms with Gasteiger partial charge in [-0.05, 0) is 32.0 Å². The number of hydrogen-bond donors (Lipinski definition) is 1. The molecule has 2 rings (SSSR count). The van der Waals surface area contributed by atoms with Crippen LogP contribution in [0.2, 0.25) is 0 Å². The average molecular weight is 380 g/mol. The van der Waals surface area contributed by atoms with Crippen LogP contribution in [0, 0.1) is 11.3 Å². The number of nitriles is 1. The number of nitrogen functional groups attached to an aromatic ring is 1. The second-order valence-electron chi connectivity index (χ2n) is 5.65. The van der Waals surface area contributed by atoms with Crippen LogP contribution < -0.4 is 10.6 Å². The van der Waals surface area contributed by atoms with Crippen LogP contribution in [0.25, 0.3) is 5.69 Å². The summed E-state index contributed by atoms with van der Waals surface area (Å²) >= 11 is 0. The van der Waals surface area contributed by atoms with Crippen molar-refractivity contribution in [2.24, 2.45) is 0 Å². The topological polar surface area (TPSA) is 84.3 Å². The molecule has 0 atom stereocenters. The zero-order chi connectivity index (χ0) is 20.4. The fraction of sp³-hybridized carbons (Fsp3) is 0.333. The lowest BCUT2D eigenvalue weighted by Crippen LogP contribution is -2.24. The fourth-order valence-corrected chi connectivity index (χ4v) is 2.83. The predicted molar refractivity (Wildman–Crippen MR) is 94.8 cm³/mol. The van der Waals surface area contributed by atoms with Gasteiger partial charge in [-0.2, -0.15) is 18.4 Å². The van der Waals surface area contributed by atoms with Crippen molar-refractivity contribution in [3.8, 4) is 11.8 Å². The van der Waals surface area contributed by atoms with Crippen molar-refractivity contribution in [1.29, 1.82) is 5.26 Å². The Morgan fingerprint density at radius 2 is 1.96 bits per heavy atom. The van der Waals surface area contributed by atoms with E-state index in [1.807, 2.05) is 24.8 Å². The summed E-state index contributed by atoms with van der Waals surface area (Å²) in [5.41, 5.74) is 5.17. The van der Waals surface area contributed by atoms with E-state index in [-0.39, 0.29) is 22.6 Å². The lowest BCUT2D eigenvalue weighted by Gasteiger charge is -2.26. The van der Waals surface area contributed by atoms with Gasteiger partial charge in [0.1, 0.15) is 6.07 Å². The third-order valence-electron chi connectivity index (χ3n) is 4.21. The summed E-state index contributed by atoms with van der Waals surface area (Å²) in [6.07, 6.45) is -3.33. The molecular weight excluding hydrogens is 361 g/mol. The maximum Gasteiger partial charge on any atom is 0.416 e. The Labute approximate surface area is 154 Å². The second kappa shape index (κ2) is 7.61. The quantitative estimate of drug-likeness (QED) is 0.802. The van der Waals surface area contributed by atoms with Crippen LogP contribution in [-0.2, 0) is 10.9 Å². The van der Waals surface area contributed by atoms with E-state index in [1.165, 1.54) is 16.8 Å². The number of rotatable bonds is 5. The van der Waals surface area contributed by atoms with E-state index in [9.17, 15) is 23.2 Å². The number of aromatic nitrogens is 1. The number of hydrogen-bond acceptors (Lipinski definition) is 5. The molecule has 0 aliphatic heterocycles. The zero-order valence-electron chi connectivity index (χ0n) is 15.1. The van der Waals surface area contributed by atoms with Crippen molar-refractivity contribution in [1.82, 2.24) is 4.57 Å². The molecule has 0 amide bonds. The smallest absolute Gasteiger partial charge is 0.416 e. The Kier molecular flexibility index (Phi) is 5.69. The first kappa shape index (κ1) is 20.2. The molecule has 1 aromatic carbocycles. The highest BCUT2D eigenvalue weighted by atomic mass is 19.4. The normalized spacial score (nSPS) is 11.1. The van der Waals surface area contributed by atoms with Gasteiger partial charge in [-0.1, -0.05) is 0 Å². The van der Waals surface area contributed by atoms with Crippen LogP contribution in [0.3, 0.4) is 0 Å². The van der Waals surface area contributed by atoms with E-state index < -0.39 is 17.7 Å². The highest BCUT2D eigenvalue weighted by molar-refractivity contribution is 5.96. The summed E-state index contributed by atoms with van der Waals surface area (Å²) in [5.74, 6) is -0.850. The third kappa shape index (κ3) is 3.69. The van der Waals surface area contributed by atoms with E-state index >= 15 is 0 Å². The van der Waals surface area contributed by atoms with Gasteiger partial charge in [0.15, 0.2) is 5.69 Å². The Balaban J connectivity index is 2.87. The van der Waals surface area contributed by atoms with Gasteiger partial charge >= 0.3 is 12.1 Å². The number of halogens is 3. The first-order valence-electron chi connectivity index (χ1n) is 8.15. The number of benzene rings is 1. The van der Waals surface area contributed by atoms with Gasteiger partial charge in [0, 0.05) is 19.3 Å². The lowest BCUT2D eigenvalue weighted by atomic mass is 10.1. The highest BCUT2D eigenvalue weighted by Crippen LogP contribution is 2.36. The van der Waals surface area contributed by atoms with Gasteiger partial charge in [-0.15, -0.1) is 0 Å². The summed E-state index contributed by atoms with van der Waals surface area (Å²) in [4.78, 5) is 14.0. The number of methoxy groups -OCH3 is 1. The van der Waals surface area contributed by atoms with Crippen LogP contribution in [0.15, 0.2) is 24.4 Å². The molecule has 27 heavy (non-hydrogen) atoms. The molecule has 0 radical (unpaired) electrons. The van der Waals surface area contributed by atoms with Gasteiger partial charge in [0.05, 0.1) is 35.3 Å². The van der Waals surface area contributed by atoms with Crippen LogP contribution in [0.4, 0.5) is 24.5 Å². The summed E-state index contributed by atoms with van der Waals surface area (Å²) < 4.78 is 45.7. The molecular formula is C18H19F3N4O2. The third-order valence-corrected chi connectivity index (χ3v) is 4.21. The molecule has 0 saturated heterocycles. The number of nitrogens with two attached hydrogens (primary N) is 1. The van der Waals surface area contributed by atoms with E-state index in [0.29, 0.717) is 18.8 Å². The zero-order valence-corrected chi connectivity index (χ0v) is 15.1. The molecule has 0 fully saturated rings. The van der Waals surface area contributed by atoms with E-state index in [4.69, 9.17) is 10.5 Å². The van der Waals surface area contributed by atoms with Crippen molar-refractivity contribution in [2.75, 3.05) is 30.8 Å². The van der Waals surface area contributed by atoms with Crippen molar-refractivity contribution < 1.29 is 22.7 Å². The van der Waals surface area contributed by atoms with Crippen molar-refractivity contribution in [3.63, 3.8) is 0 Å². The Hall–Kier alpha value is -3.15. The van der Waals surface area contributed by atoms with E-state index in [0.717, 1.165) is 19.2 Å². The minimum atomic E-state index is -4.57. The molecule has 1 aromatic heterocycles. The number of alkyl halides is 3. The molecule has 2 aromatic rings. The summed E-state index contributed by atoms with van der Waals surface area (Å²) in [5, 5.41) is 9.23. The largest absolute Gasteiger partial charge is 0.464 e. The van der Waals surface area contributed by atoms with Crippen molar-refractivity contribution in [2.45, 2.75) is 20.0 Å².